The second kappa shape index (κ2) is 4.11. The van der Waals surface area contributed by atoms with E-state index < -0.39 is 0 Å². The third kappa shape index (κ3) is 2.38. The summed E-state index contributed by atoms with van der Waals surface area (Å²) in [5.74, 6) is 0. The molecule has 2 nitrogen and oxygen atoms in total. The summed E-state index contributed by atoms with van der Waals surface area (Å²) in [6, 6.07) is 6.81. The van der Waals surface area contributed by atoms with Crippen LogP contribution in [0.1, 0.15) is 36.0 Å². The molecule has 0 spiro atoms. The van der Waals surface area contributed by atoms with Crippen molar-refractivity contribution in [1.29, 1.82) is 0 Å². The van der Waals surface area contributed by atoms with E-state index in [0.29, 0.717) is 0 Å². The molecule has 92 valence electrons. The summed E-state index contributed by atoms with van der Waals surface area (Å²) < 4.78 is 0. The summed E-state index contributed by atoms with van der Waals surface area (Å²) in [6.45, 7) is 2.31. The van der Waals surface area contributed by atoms with Gasteiger partial charge in [-0.2, -0.15) is 0 Å². The Morgan fingerprint density at radius 2 is 2.18 bits per heavy atom. The van der Waals surface area contributed by atoms with Gasteiger partial charge >= 0.3 is 0 Å². The van der Waals surface area contributed by atoms with Crippen LogP contribution in [0.15, 0.2) is 18.2 Å². The van der Waals surface area contributed by atoms with E-state index in [4.69, 9.17) is 5.73 Å². The van der Waals surface area contributed by atoms with E-state index in [-0.39, 0.29) is 5.54 Å². The standard InChI is InChI=1S/C15H22N2/c1-17-10-6-13-4-2-3-12(14(13)11-17)5-7-15(16)8-9-15/h2-4H,5-11,16H2,1H3. The van der Waals surface area contributed by atoms with E-state index in [2.05, 4.69) is 30.1 Å². The number of nitrogens with zero attached hydrogens (tertiary/aromatic N) is 1. The lowest BCUT2D eigenvalue weighted by atomic mass is 9.92. The van der Waals surface area contributed by atoms with Crippen LogP contribution in [0.25, 0.3) is 0 Å². The molecular formula is C15H22N2. The number of benzene rings is 1. The SMILES string of the molecule is CN1CCc2cccc(CCC3(N)CC3)c2C1. The maximum atomic E-state index is 6.19. The Morgan fingerprint density at radius 3 is 2.94 bits per heavy atom. The maximum Gasteiger partial charge on any atom is 0.0236 e. The van der Waals surface area contributed by atoms with Crippen LogP contribution >= 0.6 is 0 Å². The zero-order valence-corrected chi connectivity index (χ0v) is 10.7. The molecular weight excluding hydrogens is 208 g/mol. The van der Waals surface area contributed by atoms with Crippen molar-refractivity contribution in [3.05, 3.63) is 34.9 Å². The summed E-state index contributed by atoms with van der Waals surface area (Å²) in [5.41, 5.74) is 11.0. The highest BCUT2D eigenvalue weighted by atomic mass is 15.1. The number of likely N-dealkylation sites (N-methyl/N-ethyl adjacent to an activating group) is 1. The minimum Gasteiger partial charge on any atom is -0.325 e. The predicted molar refractivity (Wildman–Crippen MR) is 71.0 cm³/mol. The molecule has 1 heterocycles. The maximum absolute atomic E-state index is 6.19. The summed E-state index contributed by atoms with van der Waals surface area (Å²) in [5, 5.41) is 0. The summed E-state index contributed by atoms with van der Waals surface area (Å²) in [6.07, 6.45) is 5.97. The molecule has 0 amide bonds. The van der Waals surface area contributed by atoms with Gasteiger partial charge in [0.2, 0.25) is 0 Å². The first kappa shape index (κ1) is 11.2. The van der Waals surface area contributed by atoms with E-state index in [1.165, 1.54) is 31.4 Å². The topological polar surface area (TPSA) is 29.3 Å². The molecule has 1 aromatic rings. The molecule has 0 radical (unpaired) electrons. The van der Waals surface area contributed by atoms with Crippen LogP contribution in [0, 0.1) is 0 Å². The lowest BCUT2D eigenvalue weighted by Crippen LogP contribution is -2.28. The first-order valence-electron chi connectivity index (χ1n) is 6.73. The molecule has 1 fully saturated rings. The van der Waals surface area contributed by atoms with Gasteiger partial charge in [0.25, 0.3) is 0 Å². The smallest absolute Gasteiger partial charge is 0.0236 e. The van der Waals surface area contributed by atoms with Gasteiger partial charge < -0.3 is 10.6 Å². The second-order valence-corrected chi connectivity index (χ2v) is 5.90. The molecule has 1 aromatic carbocycles. The molecule has 2 aliphatic rings. The fourth-order valence-corrected chi connectivity index (χ4v) is 2.81. The fraction of sp³-hybridized carbons (Fsp3) is 0.600. The van der Waals surface area contributed by atoms with Crippen LogP contribution in [-0.2, 0) is 19.4 Å². The molecule has 17 heavy (non-hydrogen) atoms. The molecule has 0 aromatic heterocycles. The van der Waals surface area contributed by atoms with Crippen molar-refractivity contribution in [3.8, 4) is 0 Å². The van der Waals surface area contributed by atoms with Crippen molar-refractivity contribution in [2.24, 2.45) is 5.73 Å². The molecule has 1 aliphatic heterocycles. The van der Waals surface area contributed by atoms with Gasteiger partial charge in [0, 0.05) is 18.6 Å². The molecule has 1 saturated carbocycles. The quantitative estimate of drug-likeness (QED) is 0.861. The van der Waals surface area contributed by atoms with Gasteiger partial charge in [-0.1, -0.05) is 18.2 Å². The van der Waals surface area contributed by atoms with Gasteiger partial charge in [-0.3, -0.25) is 0 Å². The van der Waals surface area contributed by atoms with Crippen LogP contribution < -0.4 is 5.73 Å². The van der Waals surface area contributed by atoms with E-state index >= 15 is 0 Å². The molecule has 1 aliphatic carbocycles. The fourth-order valence-electron chi connectivity index (χ4n) is 2.81. The monoisotopic (exact) mass is 230 g/mol. The summed E-state index contributed by atoms with van der Waals surface area (Å²) in [4.78, 5) is 2.42. The minimum absolute atomic E-state index is 0.184. The summed E-state index contributed by atoms with van der Waals surface area (Å²) in [7, 11) is 2.21. The number of rotatable bonds is 3. The average molecular weight is 230 g/mol. The number of fused-ring (bicyclic) bond motifs is 1. The zero-order valence-electron chi connectivity index (χ0n) is 10.7. The van der Waals surface area contributed by atoms with Crippen LogP contribution in [-0.4, -0.2) is 24.0 Å². The predicted octanol–water partition coefficient (Wildman–Crippen LogP) is 2.10. The Hall–Kier alpha value is -0.860. The van der Waals surface area contributed by atoms with Gasteiger partial charge in [-0.25, -0.2) is 0 Å². The number of hydrogen-bond donors (Lipinski definition) is 1. The number of nitrogens with two attached hydrogens (primary N) is 1. The Balaban J connectivity index is 1.79. The molecule has 2 heteroatoms. The number of hydrogen-bond acceptors (Lipinski definition) is 2. The minimum atomic E-state index is 0.184. The third-order valence-corrected chi connectivity index (χ3v) is 4.35. The first-order chi connectivity index (χ1) is 8.16. The Bertz CT molecular complexity index is 421. The lowest BCUT2D eigenvalue weighted by Gasteiger charge is -2.27. The van der Waals surface area contributed by atoms with Gasteiger partial charge in [-0.15, -0.1) is 0 Å². The Morgan fingerprint density at radius 1 is 1.35 bits per heavy atom. The largest absolute Gasteiger partial charge is 0.325 e. The highest BCUT2D eigenvalue weighted by Crippen LogP contribution is 2.37. The van der Waals surface area contributed by atoms with E-state index in [9.17, 15) is 0 Å². The van der Waals surface area contributed by atoms with Crippen LogP contribution in [0.5, 0.6) is 0 Å². The molecule has 0 bridgehead atoms. The van der Waals surface area contributed by atoms with Crippen molar-refractivity contribution >= 4 is 0 Å². The highest BCUT2D eigenvalue weighted by molar-refractivity contribution is 5.37. The van der Waals surface area contributed by atoms with Crippen molar-refractivity contribution in [1.82, 2.24) is 4.90 Å². The van der Waals surface area contributed by atoms with Crippen LogP contribution in [0.3, 0.4) is 0 Å². The van der Waals surface area contributed by atoms with E-state index in [0.717, 1.165) is 19.4 Å². The van der Waals surface area contributed by atoms with E-state index in [1.807, 2.05) is 0 Å². The van der Waals surface area contributed by atoms with Crippen molar-refractivity contribution in [2.75, 3.05) is 13.6 Å². The Kier molecular flexibility index (Phi) is 2.72. The van der Waals surface area contributed by atoms with Gasteiger partial charge in [0.1, 0.15) is 0 Å². The average Bonchev–Trinajstić information content (AvgIpc) is 3.05. The highest BCUT2D eigenvalue weighted by Gasteiger charge is 2.37. The molecule has 2 N–H and O–H groups in total. The van der Waals surface area contributed by atoms with Crippen LogP contribution in [0.2, 0.25) is 0 Å². The van der Waals surface area contributed by atoms with Crippen molar-refractivity contribution in [3.63, 3.8) is 0 Å². The van der Waals surface area contributed by atoms with Gasteiger partial charge in [-0.05, 0) is 55.8 Å². The normalized spacial score (nSPS) is 22.2. The lowest BCUT2D eigenvalue weighted by molar-refractivity contribution is 0.311. The van der Waals surface area contributed by atoms with Gasteiger partial charge in [0.15, 0.2) is 0 Å². The van der Waals surface area contributed by atoms with E-state index in [1.54, 1.807) is 11.1 Å². The number of aryl methyl sites for hydroxylation is 1. The first-order valence-corrected chi connectivity index (χ1v) is 6.73. The summed E-state index contributed by atoms with van der Waals surface area (Å²) >= 11 is 0. The molecule has 3 rings (SSSR count). The van der Waals surface area contributed by atoms with Crippen molar-refractivity contribution < 1.29 is 0 Å². The molecule has 0 saturated heterocycles. The van der Waals surface area contributed by atoms with Crippen LogP contribution in [0.4, 0.5) is 0 Å². The van der Waals surface area contributed by atoms with Gasteiger partial charge in [0.05, 0.1) is 0 Å². The Labute approximate surface area is 104 Å². The molecule has 0 unspecified atom stereocenters. The second-order valence-electron chi connectivity index (χ2n) is 5.90. The van der Waals surface area contributed by atoms with Crippen molar-refractivity contribution in [2.45, 2.75) is 44.2 Å². The molecule has 0 atom stereocenters. The zero-order chi connectivity index (χ0) is 11.9. The third-order valence-electron chi connectivity index (χ3n) is 4.35.